The number of fused-ring (bicyclic) bond motifs is 1. The van der Waals surface area contributed by atoms with Crippen molar-refractivity contribution >= 4 is 28.2 Å². The summed E-state index contributed by atoms with van der Waals surface area (Å²) in [7, 11) is 0. The third-order valence-electron chi connectivity index (χ3n) is 3.33. The number of rotatable bonds is 3. The Morgan fingerprint density at radius 2 is 1.86 bits per heavy atom. The van der Waals surface area contributed by atoms with Crippen molar-refractivity contribution in [2.45, 2.75) is 6.54 Å². The molecule has 0 amide bonds. The third-order valence-corrected chi connectivity index (χ3v) is 3.57. The molecule has 5 heteroatoms. The van der Waals surface area contributed by atoms with Crippen LogP contribution in [0.2, 0.25) is 0 Å². The molecule has 0 unspecified atom stereocenters. The lowest BCUT2D eigenvalue weighted by molar-refractivity contribution is 0.787. The Kier molecular flexibility index (Phi) is 3.50. The van der Waals surface area contributed by atoms with Gasteiger partial charge in [0.05, 0.1) is 23.8 Å². The number of nitrogens with zero attached hydrogens (tertiary/aromatic N) is 2. The highest BCUT2D eigenvalue weighted by Gasteiger charge is 2.05. The van der Waals surface area contributed by atoms with Gasteiger partial charge in [-0.15, -0.1) is 0 Å². The predicted octanol–water partition coefficient (Wildman–Crippen LogP) is 2.08. The summed E-state index contributed by atoms with van der Waals surface area (Å²) in [6, 6.07) is 15.2. The standard InChI is InChI=1S/C16H13N3OS/c17-16(21)12-7-5-11(6-8-12)10-19-14-4-2-1-3-13(14)18-9-15(19)20/h1-9H,10H2,(H2,17,21). The average Bonchev–Trinajstić information content (AvgIpc) is 2.51. The Hall–Kier alpha value is -2.53. The number of hydrogen-bond donors (Lipinski definition) is 1. The molecule has 0 saturated heterocycles. The molecule has 0 aliphatic rings. The van der Waals surface area contributed by atoms with Crippen molar-refractivity contribution in [1.29, 1.82) is 0 Å². The van der Waals surface area contributed by atoms with E-state index < -0.39 is 0 Å². The second-order valence-corrected chi connectivity index (χ2v) is 5.17. The maximum atomic E-state index is 12.1. The van der Waals surface area contributed by atoms with Crippen LogP contribution in [0.3, 0.4) is 0 Å². The summed E-state index contributed by atoms with van der Waals surface area (Å²) >= 11 is 4.93. The summed E-state index contributed by atoms with van der Waals surface area (Å²) in [6.07, 6.45) is 1.35. The largest absolute Gasteiger partial charge is 0.389 e. The van der Waals surface area contributed by atoms with Crippen LogP contribution in [0.1, 0.15) is 11.1 Å². The zero-order chi connectivity index (χ0) is 14.8. The van der Waals surface area contributed by atoms with Crippen LogP contribution in [0.4, 0.5) is 0 Å². The second kappa shape index (κ2) is 5.46. The molecule has 0 radical (unpaired) electrons. The van der Waals surface area contributed by atoms with E-state index in [0.717, 1.165) is 22.2 Å². The van der Waals surface area contributed by atoms with Gasteiger partial charge in [-0.25, -0.2) is 4.98 Å². The molecule has 3 aromatic rings. The quantitative estimate of drug-likeness (QED) is 0.752. The Bertz CT molecular complexity index is 869. The highest BCUT2D eigenvalue weighted by Crippen LogP contribution is 2.11. The number of para-hydroxylation sites is 2. The molecular formula is C16H13N3OS. The fourth-order valence-electron chi connectivity index (χ4n) is 2.23. The van der Waals surface area contributed by atoms with Crippen LogP contribution in [0.25, 0.3) is 11.0 Å². The van der Waals surface area contributed by atoms with Crippen molar-refractivity contribution in [3.05, 3.63) is 76.2 Å². The monoisotopic (exact) mass is 295 g/mol. The van der Waals surface area contributed by atoms with Gasteiger partial charge in [0.15, 0.2) is 0 Å². The van der Waals surface area contributed by atoms with Crippen molar-refractivity contribution in [1.82, 2.24) is 9.55 Å². The molecule has 104 valence electrons. The zero-order valence-electron chi connectivity index (χ0n) is 11.2. The van der Waals surface area contributed by atoms with Gasteiger partial charge in [-0.05, 0) is 17.7 Å². The van der Waals surface area contributed by atoms with Crippen molar-refractivity contribution in [3.63, 3.8) is 0 Å². The van der Waals surface area contributed by atoms with Crippen LogP contribution in [-0.2, 0) is 6.54 Å². The van der Waals surface area contributed by atoms with E-state index in [-0.39, 0.29) is 5.56 Å². The molecule has 1 aromatic heterocycles. The van der Waals surface area contributed by atoms with Gasteiger partial charge in [0.1, 0.15) is 4.99 Å². The average molecular weight is 295 g/mol. The van der Waals surface area contributed by atoms with Crippen LogP contribution < -0.4 is 11.3 Å². The fraction of sp³-hybridized carbons (Fsp3) is 0.0625. The minimum absolute atomic E-state index is 0.118. The van der Waals surface area contributed by atoms with E-state index in [1.54, 1.807) is 4.57 Å². The third kappa shape index (κ3) is 2.68. The van der Waals surface area contributed by atoms with Gasteiger partial charge in [0.2, 0.25) is 0 Å². The van der Waals surface area contributed by atoms with Gasteiger partial charge in [-0.3, -0.25) is 4.79 Å². The number of thiocarbonyl (C=S) groups is 1. The summed E-state index contributed by atoms with van der Waals surface area (Å²) in [5.74, 6) is 0. The van der Waals surface area contributed by atoms with E-state index in [2.05, 4.69) is 4.98 Å². The second-order valence-electron chi connectivity index (χ2n) is 4.73. The van der Waals surface area contributed by atoms with Crippen LogP contribution in [0, 0.1) is 0 Å². The van der Waals surface area contributed by atoms with Crippen LogP contribution in [-0.4, -0.2) is 14.5 Å². The SMILES string of the molecule is NC(=S)c1ccc(Cn2c(=O)cnc3ccccc32)cc1. The lowest BCUT2D eigenvalue weighted by Gasteiger charge is -2.10. The van der Waals surface area contributed by atoms with E-state index in [1.807, 2.05) is 48.5 Å². The molecule has 2 N–H and O–H groups in total. The van der Waals surface area contributed by atoms with Crippen LogP contribution in [0.15, 0.2) is 59.5 Å². The van der Waals surface area contributed by atoms with Crippen molar-refractivity contribution < 1.29 is 0 Å². The topological polar surface area (TPSA) is 60.9 Å². The predicted molar refractivity (Wildman–Crippen MR) is 87.4 cm³/mol. The molecule has 4 nitrogen and oxygen atoms in total. The molecule has 3 rings (SSSR count). The normalized spacial score (nSPS) is 10.7. The maximum absolute atomic E-state index is 12.1. The fourth-order valence-corrected chi connectivity index (χ4v) is 2.37. The molecule has 1 heterocycles. The summed E-state index contributed by atoms with van der Waals surface area (Å²) in [5.41, 5.74) is 8.92. The molecular weight excluding hydrogens is 282 g/mol. The molecule has 0 fully saturated rings. The summed E-state index contributed by atoms with van der Waals surface area (Å²) in [5, 5.41) is 0. The Morgan fingerprint density at radius 1 is 1.14 bits per heavy atom. The van der Waals surface area contributed by atoms with E-state index in [0.29, 0.717) is 11.5 Å². The smallest absolute Gasteiger partial charge is 0.269 e. The summed E-state index contributed by atoms with van der Waals surface area (Å²) < 4.78 is 1.71. The first kappa shape index (κ1) is 13.5. The zero-order valence-corrected chi connectivity index (χ0v) is 12.0. The molecule has 0 saturated carbocycles. The number of hydrogen-bond acceptors (Lipinski definition) is 3. The van der Waals surface area contributed by atoms with Gasteiger partial charge in [-0.1, -0.05) is 48.6 Å². The van der Waals surface area contributed by atoms with Crippen molar-refractivity contribution in [2.75, 3.05) is 0 Å². The van der Waals surface area contributed by atoms with Crippen molar-refractivity contribution in [2.24, 2.45) is 5.73 Å². The van der Waals surface area contributed by atoms with Gasteiger partial charge >= 0.3 is 0 Å². The number of nitrogens with two attached hydrogens (primary N) is 1. The lowest BCUT2D eigenvalue weighted by atomic mass is 10.1. The van der Waals surface area contributed by atoms with Gasteiger partial charge in [0, 0.05) is 5.56 Å². The van der Waals surface area contributed by atoms with Gasteiger partial charge in [-0.2, -0.15) is 0 Å². The molecule has 21 heavy (non-hydrogen) atoms. The minimum Gasteiger partial charge on any atom is -0.389 e. The van der Waals surface area contributed by atoms with Crippen LogP contribution >= 0.6 is 12.2 Å². The molecule has 0 aliphatic heterocycles. The first-order chi connectivity index (χ1) is 10.1. The Labute approximate surface area is 126 Å². The van der Waals surface area contributed by atoms with E-state index in [4.69, 9.17) is 18.0 Å². The van der Waals surface area contributed by atoms with E-state index >= 15 is 0 Å². The summed E-state index contributed by atoms with van der Waals surface area (Å²) in [6.45, 7) is 0.486. The van der Waals surface area contributed by atoms with Gasteiger partial charge < -0.3 is 10.3 Å². The summed E-state index contributed by atoms with van der Waals surface area (Å²) in [4.78, 5) is 16.6. The molecule has 2 aromatic carbocycles. The first-order valence-electron chi connectivity index (χ1n) is 6.48. The molecule has 0 atom stereocenters. The molecule has 0 bridgehead atoms. The van der Waals surface area contributed by atoms with Gasteiger partial charge in [0.25, 0.3) is 5.56 Å². The Balaban J connectivity index is 2.03. The lowest BCUT2D eigenvalue weighted by Crippen LogP contribution is -2.21. The molecule has 0 spiro atoms. The Morgan fingerprint density at radius 3 is 2.57 bits per heavy atom. The first-order valence-corrected chi connectivity index (χ1v) is 6.89. The van der Waals surface area contributed by atoms with E-state index in [1.165, 1.54) is 6.20 Å². The van der Waals surface area contributed by atoms with E-state index in [9.17, 15) is 4.79 Å². The van der Waals surface area contributed by atoms with Crippen molar-refractivity contribution in [3.8, 4) is 0 Å². The maximum Gasteiger partial charge on any atom is 0.269 e. The number of benzene rings is 2. The highest BCUT2D eigenvalue weighted by molar-refractivity contribution is 7.80. The van der Waals surface area contributed by atoms with Crippen LogP contribution in [0.5, 0.6) is 0 Å². The minimum atomic E-state index is -0.118. The number of aromatic nitrogens is 2. The molecule has 0 aliphatic carbocycles. The highest BCUT2D eigenvalue weighted by atomic mass is 32.1.